The Hall–Kier alpha value is -3.98. The molecule has 0 aliphatic heterocycles. The molecule has 0 aliphatic carbocycles. The molecular formula is C31H40N6O3. The third-order valence-electron chi connectivity index (χ3n) is 7.03. The predicted molar refractivity (Wildman–Crippen MR) is 159 cm³/mol. The Morgan fingerprint density at radius 3 is 2.42 bits per heavy atom. The van der Waals surface area contributed by atoms with E-state index in [0.29, 0.717) is 32.0 Å². The molecule has 212 valence electrons. The minimum atomic E-state index is -0.272. The van der Waals surface area contributed by atoms with E-state index in [-0.39, 0.29) is 18.3 Å². The molecule has 1 amide bonds. The number of nitrogen functional groups attached to an aromatic ring is 1. The summed E-state index contributed by atoms with van der Waals surface area (Å²) in [5, 5.41) is 1.04. The zero-order valence-electron chi connectivity index (χ0n) is 24.0. The van der Waals surface area contributed by atoms with Crippen LogP contribution in [-0.2, 0) is 40.3 Å². The molecule has 2 aromatic carbocycles. The summed E-state index contributed by atoms with van der Waals surface area (Å²) in [6, 6.07) is 15.8. The Kier molecular flexibility index (Phi) is 9.71. The minimum Gasteiger partial charge on any atom is -0.469 e. The van der Waals surface area contributed by atoms with Crippen molar-refractivity contribution in [1.29, 1.82) is 0 Å². The first-order valence-electron chi connectivity index (χ1n) is 13.9. The van der Waals surface area contributed by atoms with E-state index >= 15 is 0 Å². The largest absolute Gasteiger partial charge is 0.469 e. The van der Waals surface area contributed by atoms with Gasteiger partial charge in [0.25, 0.3) is 0 Å². The average Bonchev–Trinajstić information content (AvgIpc) is 3.31. The number of nitrogens with zero attached hydrogens (tertiary/aromatic N) is 5. The van der Waals surface area contributed by atoms with E-state index in [0.717, 1.165) is 64.6 Å². The number of esters is 1. The molecule has 4 aromatic rings. The number of aryl methyl sites for hydroxylation is 2. The number of carbonyl (C=O) groups is 2. The van der Waals surface area contributed by atoms with E-state index in [1.165, 1.54) is 7.11 Å². The number of amides is 1. The van der Waals surface area contributed by atoms with E-state index in [1.54, 1.807) is 0 Å². The van der Waals surface area contributed by atoms with Gasteiger partial charge >= 0.3 is 5.97 Å². The number of carbonyl (C=O) groups excluding carboxylic acids is 2. The zero-order valence-corrected chi connectivity index (χ0v) is 24.0. The average molecular weight is 545 g/mol. The summed E-state index contributed by atoms with van der Waals surface area (Å²) >= 11 is 0. The first kappa shape index (κ1) is 29.0. The maximum atomic E-state index is 13.2. The number of nitrogens with two attached hydrogens (primary N) is 1. The number of benzene rings is 2. The molecule has 0 saturated heterocycles. The number of imidazole rings is 1. The molecule has 9 heteroatoms. The normalized spacial score (nSPS) is 11.4. The van der Waals surface area contributed by atoms with Crippen LogP contribution in [0.1, 0.15) is 43.1 Å². The summed E-state index contributed by atoms with van der Waals surface area (Å²) in [5.41, 5.74) is 10.9. The van der Waals surface area contributed by atoms with Crippen molar-refractivity contribution in [3.05, 3.63) is 65.5 Å². The lowest BCUT2D eigenvalue weighted by molar-refractivity contribution is -0.139. The van der Waals surface area contributed by atoms with Crippen LogP contribution < -0.4 is 5.73 Å². The fourth-order valence-electron chi connectivity index (χ4n) is 4.98. The van der Waals surface area contributed by atoms with E-state index in [9.17, 15) is 9.59 Å². The maximum Gasteiger partial charge on any atom is 0.309 e. The zero-order chi connectivity index (χ0) is 28.6. The van der Waals surface area contributed by atoms with Gasteiger partial charge in [-0.15, -0.1) is 0 Å². The smallest absolute Gasteiger partial charge is 0.309 e. The number of para-hydroxylation sites is 1. The van der Waals surface area contributed by atoms with E-state index in [1.807, 2.05) is 66.4 Å². The highest BCUT2D eigenvalue weighted by Gasteiger charge is 2.19. The summed E-state index contributed by atoms with van der Waals surface area (Å²) in [6.07, 6.45) is 3.96. The third-order valence-corrected chi connectivity index (χ3v) is 7.03. The van der Waals surface area contributed by atoms with Crippen LogP contribution in [0.5, 0.6) is 0 Å². The lowest BCUT2D eigenvalue weighted by Crippen LogP contribution is -2.38. The summed E-state index contributed by atoms with van der Waals surface area (Å²) in [4.78, 5) is 38.2. The lowest BCUT2D eigenvalue weighted by Gasteiger charge is -2.25. The Morgan fingerprint density at radius 1 is 1.00 bits per heavy atom. The number of hydrogen-bond acceptors (Lipinski definition) is 7. The van der Waals surface area contributed by atoms with Crippen molar-refractivity contribution in [3.8, 4) is 0 Å². The highest BCUT2D eigenvalue weighted by molar-refractivity contribution is 6.06. The first-order chi connectivity index (χ1) is 19.3. The van der Waals surface area contributed by atoms with Crippen LogP contribution >= 0.6 is 0 Å². The van der Waals surface area contributed by atoms with Crippen molar-refractivity contribution in [2.75, 3.05) is 40.0 Å². The van der Waals surface area contributed by atoms with Crippen molar-refractivity contribution in [2.45, 2.75) is 52.1 Å². The highest BCUT2D eigenvalue weighted by atomic mass is 16.5. The minimum absolute atomic E-state index is 0.0734. The quantitative estimate of drug-likeness (QED) is 0.251. The summed E-state index contributed by atoms with van der Waals surface area (Å²) in [7, 11) is 5.19. The highest BCUT2D eigenvalue weighted by Crippen LogP contribution is 2.29. The van der Waals surface area contributed by atoms with E-state index < -0.39 is 0 Å². The van der Waals surface area contributed by atoms with Crippen LogP contribution in [0.15, 0.2) is 48.5 Å². The van der Waals surface area contributed by atoms with Crippen LogP contribution in [0.2, 0.25) is 0 Å². The number of aromatic nitrogens is 3. The predicted octanol–water partition coefficient (Wildman–Crippen LogP) is 4.21. The maximum absolute atomic E-state index is 13.2. The van der Waals surface area contributed by atoms with Crippen LogP contribution in [-0.4, -0.2) is 70.5 Å². The van der Waals surface area contributed by atoms with Gasteiger partial charge in [-0.05, 0) is 44.1 Å². The van der Waals surface area contributed by atoms with Gasteiger partial charge in [-0.2, -0.15) is 0 Å². The summed E-state index contributed by atoms with van der Waals surface area (Å²) in [6.45, 7) is 4.32. The SMILES string of the molecule is CCCCc1nc2c(N)nc3ccccc3c2n1CCCN(Cc1ccc(CC(=O)OC)cc1)C(=O)CN(C)C. The lowest BCUT2D eigenvalue weighted by atomic mass is 10.1. The van der Waals surface area contributed by atoms with Crippen LogP contribution in [0.3, 0.4) is 0 Å². The fraction of sp³-hybridized carbons (Fsp3) is 0.419. The number of unbranched alkanes of at least 4 members (excludes halogenated alkanes) is 1. The molecule has 0 bridgehead atoms. The standard InChI is InChI=1S/C31H40N6O3/c1-5-6-12-26-34-29-30(24-10-7-8-11-25(24)33-31(29)32)37(26)18-9-17-36(27(38)21-35(2)3)20-23-15-13-22(14-16-23)19-28(39)40-4/h7-8,10-11,13-16H,5-6,9,12,17-21H2,1-4H3,(H2,32,33). The van der Waals surface area contributed by atoms with Gasteiger partial charge in [0, 0.05) is 31.4 Å². The van der Waals surface area contributed by atoms with Gasteiger partial charge in [-0.1, -0.05) is 55.8 Å². The molecule has 2 heterocycles. The summed E-state index contributed by atoms with van der Waals surface area (Å²) < 4.78 is 7.05. The molecule has 4 rings (SSSR count). The number of anilines is 1. The molecule has 9 nitrogen and oxygen atoms in total. The molecule has 0 fully saturated rings. The second-order valence-corrected chi connectivity index (χ2v) is 10.5. The number of pyridine rings is 1. The van der Waals surface area contributed by atoms with Gasteiger partial charge in [0.1, 0.15) is 11.3 Å². The number of methoxy groups -OCH3 is 1. The van der Waals surface area contributed by atoms with Crippen molar-refractivity contribution in [1.82, 2.24) is 24.3 Å². The first-order valence-corrected chi connectivity index (χ1v) is 13.9. The number of ether oxygens (including phenoxy) is 1. The number of rotatable bonds is 13. The third kappa shape index (κ3) is 6.96. The van der Waals surface area contributed by atoms with Crippen molar-refractivity contribution < 1.29 is 14.3 Å². The van der Waals surface area contributed by atoms with Gasteiger partial charge in [-0.3, -0.25) is 9.59 Å². The van der Waals surface area contributed by atoms with Gasteiger partial charge in [0.2, 0.25) is 5.91 Å². The van der Waals surface area contributed by atoms with Crippen LogP contribution in [0, 0.1) is 0 Å². The molecule has 2 aromatic heterocycles. The van der Waals surface area contributed by atoms with E-state index in [2.05, 4.69) is 22.5 Å². The number of hydrogen-bond donors (Lipinski definition) is 1. The van der Waals surface area contributed by atoms with Gasteiger partial charge in [0.05, 0.1) is 31.1 Å². The Morgan fingerprint density at radius 2 is 1.73 bits per heavy atom. The topological polar surface area (TPSA) is 107 Å². The Labute approximate surface area is 235 Å². The Bertz CT molecular complexity index is 1460. The summed E-state index contributed by atoms with van der Waals surface area (Å²) in [5.74, 6) is 1.26. The van der Waals surface area contributed by atoms with E-state index in [4.69, 9.17) is 15.5 Å². The molecule has 0 aliphatic rings. The number of fused-ring (bicyclic) bond motifs is 3. The van der Waals surface area contributed by atoms with Gasteiger partial charge in [-0.25, -0.2) is 9.97 Å². The molecule has 0 atom stereocenters. The Balaban J connectivity index is 1.57. The molecular weight excluding hydrogens is 504 g/mol. The number of likely N-dealkylation sites (N-methyl/N-ethyl adjacent to an activating group) is 1. The second kappa shape index (κ2) is 13.4. The van der Waals surface area contributed by atoms with Crippen molar-refractivity contribution in [3.63, 3.8) is 0 Å². The monoisotopic (exact) mass is 544 g/mol. The molecule has 0 radical (unpaired) electrons. The molecule has 0 saturated carbocycles. The second-order valence-electron chi connectivity index (χ2n) is 10.5. The molecule has 0 spiro atoms. The van der Waals surface area contributed by atoms with Crippen LogP contribution in [0.25, 0.3) is 21.9 Å². The molecule has 0 unspecified atom stereocenters. The van der Waals surface area contributed by atoms with Crippen molar-refractivity contribution in [2.24, 2.45) is 0 Å². The van der Waals surface area contributed by atoms with Gasteiger partial charge in [0.15, 0.2) is 5.82 Å². The van der Waals surface area contributed by atoms with Gasteiger partial charge < -0.3 is 24.8 Å². The fourth-order valence-corrected chi connectivity index (χ4v) is 4.98. The molecule has 2 N–H and O–H groups in total. The molecule has 40 heavy (non-hydrogen) atoms. The van der Waals surface area contributed by atoms with Crippen molar-refractivity contribution >= 4 is 39.6 Å². The van der Waals surface area contributed by atoms with Crippen LogP contribution in [0.4, 0.5) is 5.82 Å².